The van der Waals surface area contributed by atoms with Gasteiger partial charge >= 0.3 is 12.1 Å². The van der Waals surface area contributed by atoms with Gasteiger partial charge in [0.25, 0.3) is 5.91 Å². The molecule has 1 unspecified atom stereocenters. The van der Waals surface area contributed by atoms with Crippen molar-refractivity contribution in [2.75, 3.05) is 20.8 Å². The van der Waals surface area contributed by atoms with Gasteiger partial charge in [0, 0.05) is 29.3 Å². The lowest BCUT2D eigenvalue weighted by molar-refractivity contribution is 0.0582. The SMILES string of the molecule is CCOC(=O)N[C@H]1CC[C@H](N2C(=O)c3nc(-c4cnc(OC)nc4OC)n(C(C)C)c3C2c2ccc(Cl)cc2)CC1. The largest absolute Gasteiger partial charge is 0.480 e. The number of hydrogen-bond donors (Lipinski definition) is 1. The molecular weight excluding hydrogens is 548 g/mol. The molecule has 1 atom stereocenters. The molecule has 3 heterocycles. The minimum Gasteiger partial charge on any atom is -0.480 e. The fourth-order valence-corrected chi connectivity index (χ4v) is 6.01. The highest BCUT2D eigenvalue weighted by molar-refractivity contribution is 6.30. The molecule has 2 aromatic heterocycles. The lowest BCUT2D eigenvalue weighted by Gasteiger charge is -2.38. The minimum atomic E-state index is -0.403. The normalized spacial score (nSPS) is 20.2. The second-order valence-electron chi connectivity index (χ2n) is 10.4. The number of nitrogens with zero attached hydrogens (tertiary/aromatic N) is 5. The number of alkyl carbamates (subject to hydrolysis) is 1. The summed E-state index contributed by atoms with van der Waals surface area (Å²) < 4.78 is 17.9. The maximum absolute atomic E-state index is 14.2. The van der Waals surface area contributed by atoms with E-state index in [2.05, 4.69) is 33.7 Å². The lowest BCUT2D eigenvalue weighted by Crippen LogP contribution is -2.46. The molecular formula is C29H35ClN6O5. The van der Waals surface area contributed by atoms with Crippen LogP contribution in [-0.2, 0) is 4.74 Å². The maximum Gasteiger partial charge on any atom is 0.407 e. The second-order valence-corrected chi connectivity index (χ2v) is 10.9. The Labute approximate surface area is 244 Å². The molecule has 1 fully saturated rings. The van der Waals surface area contributed by atoms with E-state index in [9.17, 15) is 9.59 Å². The molecule has 5 rings (SSSR count). The molecule has 2 amide bonds. The topological polar surface area (TPSA) is 121 Å². The number of methoxy groups -OCH3 is 2. The lowest BCUT2D eigenvalue weighted by atomic mass is 9.89. The minimum absolute atomic E-state index is 0.0103. The molecule has 1 saturated carbocycles. The first-order chi connectivity index (χ1) is 19.8. The molecule has 0 spiro atoms. The Kier molecular flexibility index (Phi) is 8.35. The van der Waals surface area contributed by atoms with Crippen LogP contribution in [-0.4, -0.2) is 69.3 Å². The van der Waals surface area contributed by atoms with Crippen LogP contribution in [0.5, 0.6) is 11.9 Å². The van der Waals surface area contributed by atoms with Crippen molar-refractivity contribution in [3.63, 3.8) is 0 Å². The number of rotatable bonds is 8. The summed E-state index contributed by atoms with van der Waals surface area (Å²) in [5, 5.41) is 3.56. The van der Waals surface area contributed by atoms with E-state index < -0.39 is 6.09 Å². The third kappa shape index (κ3) is 5.42. The summed E-state index contributed by atoms with van der Waals surface area (Å²) in [6.45, 7) is 6.22. The number of aromatic nitrogens is 4. The number of ether oxygens (including phenoxy) is 3. The molecule has 1 aliphatic heterocycles. The number of benzene rings is 1. The molecule has 2 aliphatic rings. The average molecular weight is 583 g/mol. The van der Waals surface area contributed by atoms with Gasteiger partial charge in [-0.1, -0.05) is 23.7 Å². The van der Waals surface area contributed by atoms with Gasteiger partial charge in [-0.3, -0.25) is 4.79 Å². The van der Waals surface area contributed by atoms with E-state index in [1.165, 1.54) is 14.2 Å². The maximum atomic E-state index is 14.2. The van der Waals surface area contributed by atoms with Crippen LogP contribution in [0.4, 0.5) is 4.79 Å². The summed E-state index contributed by atoms with van der Waals surface area (Å²) in [7, 11) is 3.01. The molecule has 0 radical (unpaired) electrons. The summed E-state index contributed by atoms with van der Waals surface area (Å²) in [6.07, 6.45) is 4.18. The van der Waals surface area contributed by atoms with Gasteiger partial charge in [0.05, 0.1) is 32.1 Å². The van der Waals surface area contributed by atoms with Crippen molar-refractivity contribution in [2.24, 2.45) is 0 Å². The van der Waals surface area contributed by atoms with Crippen LogP contribution in [0.2, 0.25) is 5.02 Å². The highest BCUT2D eigenvalue weighted by Gasteiger charge is 2.47. The van der Waals surface area contributed by atoms with Crippen LogP contribution in [0.1, 0.15) is 80.3 Å². The van der Waals surface area contributed by atoms with Crippen molar-refractivity contribution in [1.29, 1.82) is 0 Å². The number of imidazole rings is 1. The molecule has 1 N–H and O–H groups in total. The van der Waals surface area contributed by atoms with E-state index in [1.807, 2.05) is 29.2 Å². The predicted molar refractivity (Wildman–Crippen MR) is 152 cm³/mol. The summed E-state index contributed by atoms with van der Waals surface area (Å²) in [6, 6.07) is 7.36. The van der Waals surface area contributed by atoms with Gasteiger partial charge in [-0.25, -0.2) is 14.8 Å². The molecule has 0 saturated heterocycles. The number of carbonyl (C=O) groups is 2. The van der Waals surface area contributed by atoms with Gasteiger partial charge in [-0.05, 0) is 64.2 Å². The molecule has 41 heavy (non-hydrogen) atoms. The second kappa shape index (κ2) is 11.9. The summed E-state index contributed by atoms with van der Waals surface area (Å²) in [4.78, 5) is 41.7. The van der Waals surface area contributed by atoms with Gasteiger partial charge in [-0.2, -0.15) is 4.98 Å². The number of halogens is 1. The third-order valence-corrected chi connectivity index (χ3v) is 7.91. The number of amides is 2. The van der Waals surface area contributed by atoms with Crippen molar-refractivity contribution in [2.45, 2.75) is 70.6 Å². The smallest absolute Gasteiger partial charge is 0.407 e. The summed E-state index contributed by atoms with van der Waals surface area (Å²) in [5.74, 6) is 0.733. The number of hydrogen-bond acceptors (Lipinski definition) is 8. The first kappa shape index (κ1) is 28.7. The van der Waals surface area contributed by atoms with Crippen LogP contribution < -0.4 is 14.8 Å². The highest BCUT2D eigenvalue weighted by Crippen LogP contribution is 2.46. The average Bonchev–Trinajstić information content (AvgIpc) is 3.49. The molecule has 11 nitrogen and oxygen atoms in total. The Hall–Kier alpha value is -3.86. The number of nitrogens with one attached hydrogen (secondary N) is 1. The first-order valence-corrected chi connectivity index (χ1v) is 14.2. The van der Waals surface area contributed by atoms with Crippen LogP contribution in [0, 0.1) is 0 Å². The fraction of sp³-hybridized carbons (Fsp3) is 0.483. The van der Waals surface area contributed by atoms with Crippen molar-refractivity contribution in [3.05, 3.63) is 52.4 Å². The third-order valence-electron chi connectivity index (χ3n) is 7.66. The zero-order valence-electron chi connectivity index (χ0n) is 23.9. The zero-order valence-corrected chi connectivity index (χ0v) is 24.6. The van der Waals surface area contributed by atoms with E-state index in [-0.39, 0.29) is 36.1 Å². The van der Waals surface area contributed by atoms with Crippen LogP contribution in [0.15, 0.2) is 30.5 Å². The Morgan fingerprint density at radius 1 is 1.10 bits per heavy atom. The van der Waals surface area contributed by atoms with Crippen molar-refractivity contribution in [1.82, 2.24) is 29.7 Å². The summed E-state index contributed by atoms with van der Waals surface area (Å²) in [5.41, 5.74) is 2.72. The monoisotopic (exact) mass is 582 g/mol. The van der Waals surface area contributed by atoms with E-state index in [0.29, 0.717) is 34.6 Å². The fourth-order valence-electron chi connectivity index (χ4n) is 5.88. The van der Waals surface area contributed by atoms with Crippen LogP contribution in [0.3, 0.4) is 0 Å². The van der Waals surface area contributed by atoms with E-state index >= 15 is 0 Å². The van der Waals surface area contributed by atoms with Crippen LogP contribution in [0.25, 0.3) is 11.4 Å². The Morgan fingerprint density at radius 2 is 1.80 bits per heavy atom. The van der Waals surface area contributed by atoms with Crippen molar-refractivity contribution in [3.8, 4) is 23.3 Å². The van der Waals surface area contributed by atoms with Crippen molar-refractivity contribution >= 4 is 23.6 Å². The molecule has 3 aromatic rings. The van der Waals surface area contributed by atoms with Crippen molar-refractivity contribution < 1.29 is 23.8 Å². The standard InChI is InChI=1S/C29H35ClN6O5/c1-6-41-29(38)32-19-11-13-20(14-12-19)36-23(17-7-9-18(30)10-8-17)24-22(27(36)37)33-25(35(24)16(2)3)21-15-31-28(40-5)34-26(21)39-4/h7-10,15-16,19-20,23H,6,11-14H2,1-5H3,(H,32,38)/t19-,20-,23?. The highest BCUT2D eigenvalue weighted by atomic mass is 35.5. The molecule has 12 heteroatoms. The molecule has 0 bridgehead atoms. The van der Waals surface area contributed by atoms with E-state index in [1.54, 1.807) is 13.1 Å². The zero-order chi connectivity index (χ0) is 29.3. The van der Waals surface area contributed by atoms with Gasteiger partial charge in [-0.15, -0.1) is 0 Å². The Morgan fingerprint density at radius 3 is 2.41 bits per heavy atom. The Balaban J connectivity index is 1.56. The van der Waals surface area contributed by atoms with Gasteiger partial charge in [0.15, 0.2) is 5.69 Å². The van der Waals surface area contributed by atoms with E-state index in [0.717, 1.165) is 36.9 Å². The molecule has 1 aromatic carbocycles. The predicted octanol–water partition coefficient (Wildman–Crippen LogP) is 5.19. The quantitative estimate of drug-likeness (QED) is 0.385. The van der Waals surface area contributed by atoms with Gasteiger partial charge in [0.2, 0.25) is 5.88 Å². The number of fused-ring (bicyclic) bond motifs is 1. The van der Waals surface area contributed by atoms with E-state index in [4.69, 9.17) is 30.8 Å². The van der Waals surface area contributed by atoms with Gasteiger partial charge in [0.1, 0.15) is 11.9 Å². The Bertz CT molecular complexity index is 1420. The van der Waals surface area contributed by atoms with Gasteiger partial charge < -0.3 is 29.0 Å². The van der Waals surface area contributed by atoms with Crippen LogP contribution >= 0.6 is 11.6 Å². The summed E-state index contributed by atoms with van der Waals surface area (Å²) >= 11 is 6.26. The molecule has 218 valence electrons. The number of carbonyl (C=O) groups excluding carboxylic acids is 2. The molecule has 1 aliphatic carbocycles. The first-order valence-electron chi connectivity index (χ1n) is 13.9.